The first-order chi connectivity index (χ1) is 10.5. The van der Waals surface area contributed by atoms with E-state index in [-0.39, 0.29) is 5.91 Å². The van der Waals surface area contributed by atoms with Crippen molar-refractivity contribution in [1.29, 1.82) is 0 Å². The van der Waals surface area contributed by atoms with Gasteiger partial charge in [-0.2, -0.15) is 0 Å². The predicted molar refractivity (Wildman–Crippen MR) is 88.8 cm³/mol. The maximum Gasteiger partial charge on any atom is 0.234 e. The van der Waals surface area contributed by atoms with Gasteiger partial charge >= 0.3 is 0 Å². The van der Waals surface area contributed by atoms with Crippen molar-refractivity contribution < 1.29 is 14.1 Å². The molecular weight excluding hydrogens is 324 g/mol. The molecular formula is C15H17ClN2O3S. The van der Waals surface area contributed by atoms with Gasteiger partial charge in [0.2, 0.25) is 5.91 Å². The van der Waals surface area contributed by atoms with Gasteiger partial charge in [-0.15, -0.1) is 11.8 Å². The van der Waals surface area contributed by atoms with Crippen LogP contribution in [0, 0.1) is 13.8 Å². The monoisotopic (exact) mass is 340 g/mol. The molecule has 0 radical (unpaired) electrons. The molecule has 1 N–H and O–H groups in total. The molecule has 0 bridgehead atoms. The largest absolute Gasteiger partial charge is 0.495 e. The van der Waals surface area contributed by atoms with Crippen LogP contribution in [0.1, 0.15) is 17.0 Å². The summed E-state index contributed by atoms with van der Waals surface area (Å²) in [5.74, 6) is 2.26. The number of carbonyl (C=O) groups is 1. The summed E-state index contributed by atoms with van der Waals surface area (Å²) in [5.41, 5.74) is 2.47. The fourth-order valence-electron chi connectivity index (χ4n) is 1.92. The Morgan fingerprint density at radius 1 is 1.45 bits per heavy atom. The zero-order valence-electron chi connectivity index (χ0n) is 12.6. The van der Waals surface area contributed by atoms with E-state index < -0.39 is 0 Å². The molecule has 1 amide bonds. The number of thioether (sulfide) groups is 1. The van der Waals surface area contributed by atoms with Crippen LogP contribution in [-0.2, 0) is 10.5 Å². The lowest BCUT2D eigenvalue weighted by Gasteiger charge is -2.10. The van der Waals surface area contributed by atoms with Gasteiger partial charge in [-0.1, -0.05) is 16.8 Å². The van der Waals surface area contributed by atoms with Gasteiger partial charge in [0, 0.05) is 16.3 Å². The fourth-order valence-corrected chi connectivity index (χ4v) is 3.07. The van der Waals surface area contributed by atoms with E-state index in [1.165, 1.54) is 11.8 Å². The Bertz CT molecular complexity index is 653. The third-order valence-electron chi connectivity index (χ3n) is 3.10. The van der Waals surface area contributed by atoms with E-state index in [1.807, 2.05) is 13.8 Å². The lowest BCUT2D eigenvalue weighted by molar-refractivity contribution is -0.113. The summed E-state index contributed by atoms with van der Waals surface area (Å²) in [6.45, 7) is 3.76. The maximum atomic E-state index is 12.0. The lowest BCUT2D eigenvalue weighted by atomic mass is 10.2. The van der Waals surface area contributed by atoms with Crippen LogP contribution in [0.5, 0.6) is 5.75 Å². The Hall–Kier alpha value is -1.66. The summed E-state index contributed by atoms with van der Waals surface area (Å²) in [7, 11) is 1.55. The van der Waals surface area contributed by atoms with Crippen molar-refractivity contribution in [2.75, 3.05) is 18.2 Å². The minimum atomic E-state index is -0.114. The van der Waals surface area contributed by atoms with Gasteiger partial charge in [0.25, 0.3) is 0 Å². The van der Waals surface area contributed by atoms with E-state index in [4.69, 9.17) is 20.9 Å². The topological polar surface area (TPSA) is 64.4 Å². The van der Waals surface area contributed by atoms with Crippen molar-refractivity contribution in [2.45, 2.75) is 19.6 Å². The van der Waals surface area contributed by atoms with Crippen LogP contribution in [0.2, 0.25) is 5.02 Å². The molecule has 0 aliphatic rings. The van der Waals surface area contributed by atoms with Crippen molar-refractivity contribution >= 4 is 35.0 Å². The quantitative estimate of drug-likeness (QED) is 0.865. The first kappa shape index (κ1) is 16.7. The Morgan fingerprint density at radius 2 is 2.23 bits per heavy atom. The number of halogens is 1. The number of rotatable bonds is 6. The van der Waals surface area contributed by atoms with Crippen LogP contribution in [-0.4, -0.2) is 23.9 Å². The standard InChI is InChI=1S/C15H17ClN2O3S/c1-9-12(10(2)21-18-9)7-22-8-15(19)17-13-6-11(16)4-5-14(13)20-3/h4-6H,7-8H2,1-3H3,(H,17,19). The van der Waals surface area contributed by atoms with Crippen LogP contribution in [0.25, 0.3) is 0 Å². The number of benzene rings is 1. The smallest absolute Gasteiger partial charge is 0.234 e. The van der Waals surface area contributed by atoms with Crippen molar-refractivity contribution in [1.82, 2.24) is 5.16 Å². The van der Waals surface area contributed by atoms with Crippen molar-refractivity contribution in [2.24, 2.45) is 0 Å². The van der Waals surface area contributed by atoms with Gasteiger partial charge in [-0.3, -0.25) is 4.79 Å². The molecule has 22 heavy (non-hydrogen) atoms. The first-order valence-corrected chi connectivity index (χ1v) is 8.17. The van der Waals surface area contributed by atoms with Crippen LogP contribution in [0.4, 0.5) is 5.69 Å². The number of nitrogens with one attached hydrogen (secondary N) is 1. The van der Waals surface area contributed by atoms with E-state index in [0.717, 1.165) is 17.0 Å². The average Bonchev–Trinajstić information content (AvgIpc) is 2.79. The Balaban J connectivity index is 1.90. The van der Waals surface area contributed by atoms with Crippen molar-refractivity contribution in [3.63, 3.8) is 0 Å². The van der Waals surface area contributed by atoms with Crippen LogP contribution >= 0.6 is 23.4 Å². The number of methoxy groups -OCH3 is 1. The molecule has 0 atom stereocenters. The molecule has 5 nitrogen and oxygen atoms in total. The van der Waals surface area contributed by atoms with E-state index >= 15 is 0 Å². The van der Waals surface area contributed by atoms with Crippen LogP contribution in [0.15, 0.2) is 22.7 Å². The number of carbonyl (C=O) groups excluding carboxylic acids is 1. The van der Waals surface area contributed by atoms with E-state index in [9.17, 15) is 4.79 Å². The second-order valence-electron chi connectivity index (χ2n) is 4.69. The number of amides is 1. The Kier molecular flexibility index (Phi) is 5.74. The maximum absolute atomic E-state index is 12.0. The molecule has 0 unspecified atom stereocenters. The highest BCUT2D eigenvalue weighted by Gasteiger charge is 2.11. The fraction of sp³-hybridized carbons (Fsp3) is 0.333. The van der Waals surface area contributed by atoms with Gasteiger partial charge < -0.3 is 14.6 Å². The van der Waals surface area contributed by atoms with E-state index in [0.29, 0.717) is 28.0 Å². The molecule has 1 aromatic heterocycles. The lowest BCUT2D eigenvalue weighted by Crippen LogP contribution is -2.15. The molecule has 118 valence electrons. The molecule has 0 aliphatic carbocycles. The zero-order valence-corrected chi connectivity index (χ0v) is 14.2. The van der Waals surface area contributed by atoms with Crippen LogP contribution < -0.4 is 10.1 Å². The minimum Gasteiger partial charge on any atom is -0.495 e. The Morgan fingerprint density at radius 3 is 2.86 bits per heavy atom. The normalized spacial score (nSPS) is 10.5. The molecule has 1 heterocycles. The highest BCUT2D eigenvalue weighted by atomic mass is 35.5. The van der Waals surface area contributed by atoms with Gasteiger partial charge in [0.15, 0.2) is 0 Å². The number of anilines is 1. The van der Waals surface area contributed by atoms with Crippen LogP contribution in [0.3, 0.4) is 0 Å². The highest BCUT2D eigenvalue weighted by Crippen LogP contribution is 2.28. The van der Waals surface area contributed by atoms with Gasteiger partial charge in [0.1, 0.15) is 11.5 Å². The number of aromatic nitrogens is 1. The van der Waals surface area contributed by atoms with Crippen molar-refractivity contribution in [3.8, 4) is 5.75 Å². The molecule has 0 saturated heterocycles. The molecule has 2 aromatic rings. The summed E-state index contributed by atoms with van der Waals surface area (Å²) in [4.78, 5) is 12.0. The second kappa shape index (κ2) is 7.56. The predicted octanol–water partition coefficient (Wildman–Crippen LogP) is 3.83. The second-order valence-corrected chi connectivity index (χ2v) is 6.11. The number of hydrogen-bond donors (Lipinski definition) is 1. The first-order valence-electron chi connectivity index (χ1n) is 6.64. The molecule has 0 fully saturated rings. The van der Waals surface area contributed by atoms with E-state index in [1.54, 1.807) is 25.3 Å². The molecule has 2 rings (SSSR count). The summed E-state index contributed by atoms with van der Waals surface area (Å²) in [5, 5.41) is 7.24. The molecule has 0 spiro atoms. The van der Waals surface area contributed by atoms with Crippen molar-refractivity contribution in [3.05, 3.63) is 40.2 Å². The summed E-state index contributed by atoms with van der Waals surface area (Å²) >= 11 is 7.43. The number of ether oxygens (including phenoxy) is 1. The summed E-state index contributed by atoms with van der Waals surface area (Å²) in [6, 6.07) is 5.09. The zero-order chi connectivity index (χ0) is 16.1. The SMILES string of the molecule is COc1ccc(Cl)cc1NC(=O)CSCc1c(C)noc1C. The third-order valence-corrected chi connectivity index (χ3v) is 4.29. The summed E-state index contributed by atoms with van der Waals surface area (Å²) < 4.78 is 10.3. The number of nitrogens with zero attached hydrogens (tertiary/aromatic N) is 1. The average molecular weight is 341 g/mol. The number of hydrogen-bond acceptors (Lipinski definition) is 5. The molecule has 7 heteroatoms. The van der Waals surface area contributed by atoms with Gasteiger partial charge in [-0.05, 0) is 32.0 Å². The molecule has 1 aromatic carbocycles. The molecule has 0 saturated carbocycles. The molecule has 0 aliphatic heterocycles. The third kappa shape index (κ3) is 4.18. The minimum absolute atomic E-state index is 0.114. The summed E-state index contributed by atoms with van der Waals surface area (Å²) in [6.07, 6.45) is 0. The van der Waals surface area contributed by atoms with Gasteiger partial charge in [0.05, 0.1) is 24.2 Å². The van der Waals surface area contributed by atoms with Gasteiger partial charge in [-0.25, -0.2) is 0 Å². The highest BCUT2D eigenvalue weighted by molar-refractivity contribution is 7.99. The van der Waals surface area contributed by atoms with E-state index in [2.05, 4.69) is 10.5 Å². The Labute approximate surface area is 138 Å². The number of aryl methyl sites for hydroxylation is 2.